The number of nitrogens with one attached hydrogen (secondary N) is 1. The topological polar surface area (TPSA) is 12.0 Å². The highest BCUT2D eigenvalue weighted by Gasteiger charge is 1.77. The van der Waals surface area contributed by atoms with E-state index in [9.17, 15) is 0 Å². The summed E-state index contributed by atoms with van der Waals surface area (Å²) in [4.78, 5) is 0. The first-order valence-corrected chi connectivity index (χ1v) is 2.46. The highest BCUT2D eigenvalue weighted by Crippen LogP contribution is 1.85. The number of rotatable bonds is 2. The zero-order chi connectivity index (χ0) is 4.99. The molecule has 0 aromatic heterocycles. The van der Waals surface area contributed by atoms with Crippen LogP contribution in [0.1, 0.15) is 6.92 Å². The summed E-state index contributed by atoms with van der Waals surface area (Å²) in [6.07, 6.45) is 0. The van der Waals surface area contributed by atoms with E-state index in [0.717, 1.165) is 6.54 Å². The lowest BCUT2D eigenvalue weighted by atomic mass is 10.5. The van der Waals surface area contributed by atoms with Gasteiger partial charge in [-0.05, 0) is 7.05 Å². The Kier molecular flexibility index (Phi) is 3.68. The maximum Gasteiger partial charge on any atom is -0.0191 e. The average molecular weight is 105 g/mol. The van der Waals surface area contributed by atoms with Gasteiger partial charge < -0.3 is 5.32 Å². The normalized spacial score (nSPS) is 10.0. The molecule has 38 valence electrons. The molecule has 6 heavy (non-hydrogen) atoms. The van der Waals surface area contributed by atoms with E-state index >= 15 is 0 Å². The van der Waals surface area contributed by atoms with Crippen molar-refractivity contribution >= 4 is 12.6 Å². The molecule has 1 N–H and O–H groups in total. The quantitative estimate of drug-likeness (QED) is 0.378. The molecule has 0 saturated carbocycles. The van der Waals surface area contributed by atoms with Gasteiger partial charge in [0, 0.05) is 0 Å². The van der Waals surface area contributed by atoms with Crippen molar-refractivity contribution in [3.05, 3.63) is 5.25 Å². The Balaban J connectivity index is 2.63. The van der Waals surface area contributed by atoms with Gasteiger partial charge in [-0.25, -0.2) is 0 Å². The molecule has 0 amide bonds. The second-order valence-corrected chi connectivity index (χ2v) is 2.16. The maximum atomic E-state index is 3.33. The lowest BCUT2D eigenvalue weighted by Gasteiger charge is -2.04. The number of hydrogen-bond donors (Lipinski definition) is 1. The van der Waals surface area contributed by atoms with Crippen molar-refractivity contribution < 1.29 is 0 Å². The molecule has 0 aliphatic rings. The van der Waals surface area contributed by atoms with Gasteiger partial charge in [0.15, 0.2) is 0 Å². The van der Waals surface area contributed by atoms with E-state index in [1.54, 1.807) is 0 Å². The van der Waals surface area contributed by atoms with Crippen LogP contribution in [-0.2, 0) is 12.6 Å². The Morgan fingerprint density at radius 2 is 2.33 bits per heavy atom. The van der Waals surface area contributed by atoms with E-state index in [-0.39, 0.29) is 0 Å². The minimum Gasteiger partial charge on any atom is -0.345 e. The van der Waals surface area contributed by atoms with E-state index in [2.05, 4.69) is 17.9 Å². The summed E-state index contributed by atoms with van der Waals surface area (Å²) in [5, 5.41) is 4.22. The van der Waals surface area contributed by atoms with Crippen molar-refractivity contribution in [1.82, 2.24) is 5.32 Å². The van der Waals surface area contributed by atoms with E-state index in [1.807, 2.05) is 14.0 Å². The Morgan fingerprint density at radius 1 is 1.83 bits per heavy atom. The summed E-state index contributed by atoms with van der Waals surface area (Å²) in [6.45, 7) is 2.98. The van der Waals surface area contributed by atoms with Crippen LogP contribution in [0.4, 0.5) is 0 Å². The van der Waals surface area contributed by atoms with Gasteiger partial charge in [-0.1, -0.05) is 11.8 Å². The monoisotopic (exact) mass is 105 g/mol. The molecule has 0 bridgehead atoms. The maximum absolute atomic E-state index is 3.33. The molecule has 0 heterocycles. The molecule has 0 aliphatic heterocycles. The van der Waals surface area contributed by atoms with Crippen LogP contribution in [0.5, 0.6) is 0 Å². The summed E-state index contributed by atoms with van der Waals surface area (Å²) in [7, 11) is 1.92. The summed E-state index contributed by atoms with van der Waals surface area (Å²) < 4.78 is 0. The third kappa shape index (κ3) is 4.31. The van der Waals surface area contributed by atoms with Crippen LogP contribution >= 0.6 is 0 Å². The van der Waals surface area contributed by atoms with Gasteiger partial charge in [-0.2, -0.15) is 12.6 Å². The Morgan fingerprint density at radius 3 is 2.33 bits per heavy atom. The van der Waals surface area contributed by atoms with Crippen LogP contribution in [0.25, 0.3) is 0 Å². The molecular weight excluding hydrogens is 94.1 g/mol. The molecule has 0 rings (SSSR count). The van der Waals surface area contributed by atoms with E-state index < -0.39 is 0 Å². The molecule has 0 saturated heterocycles. The third-order valence-electron chi connectivity index (χ3n) is 0.442. The minimum atomic E-state index is 0.955. The summed E-state index contributed by atoms with van der Waals surface area (Å²) in [5.41, 5.74) is 0. The molecule has 0 unspecified atom stereocenters. The third-order valence-corrected chi connectivity index (χ3v) is 0.619. The van der Waals surface area contributed by atoms with Crippen molar-refractivity contribution in [3.63, 3.8) is 0 Å². The highest BCUT2D eigenvalue weighted by atomic mass is 32.1. The van der Waals surface area contributed by atoms with Gasteiger partial charge in [0.1, 0.15) is 0 Å². The van der Waals surface area contributed by atoms with Crippen LogP contribution in [-0.4, -0.2) is 13.6 Å². The van der Waals surface area contributed by atoms with Gasteiger partial charge in [-0.15, -0.1) is 6.92 Å². The van der Waals surface area contributed by atoms with Gasteiger partial charge >= 0.3 is 0 Å². The van der Waals surface area contributed by atoms with Crippen LogP contribution in [0.15, 0.2) is 0 Å². The first-order valence-electron chi connectivity index (χ1n) is 1.96. The fraction of sp³-hybridized carbons (Fsp3) is 0.750. The lowest BCUT2D eigenvalue weighted by molar-refractivity contribution is 0.861. The lowest BCUT2D eigenvalue weighted by Crippen LogP contribution is -2.12. The Labute approximate surface area is 44.5 Å². The van der Waals surface area contributed by atoms with Crippen molar-refractivity contribution in [2.75, 3.05) is 13.6 Å². The highest BCUT2D eigenvalue weighted by molar-refractivity contribution is 7.62. The second-order valence-electron chi connectivity index (χ2n) is 1.31. The molecule has 0 aromatic carbocycles. The second kappa shape index (κ2) is 3.50. The first-order chi connectivity index (χ1) is 2.77. The molecule has 2 heteroatoms. The zero-order valence-corrected chi connectivity index (χ0v) is 5.21. The standard InChI is InChI=1S/C4H11NS/c1-4(6)3-5-2/h5H,3,6H2,1-2H3. The van der Waals surface area contributed by atoms with E-state index in [1.165, 1.54) is 5.25 Å². The fourth-order valence-electron chi connectivity index (χ4n) is 0.265. The SMILES string of the molecule is CNC[C-](C)[SH2+]. The fourth-order valence-corrected chi connectivity index (χ4v) is 0.442. The van der Waals surface area contributed by atoms with Crippen LogP contribution in [0, 0.1) is 5.25 Å². The van der Waals surface area contributed by atoms with Crippen molar-refractivity contribution in [1.29, 1.82) is 0 Å². The first kappa shape index (κ1) is 6.31. The zero-order valence-electron chi connectivity index (χ0n) is 4.21. The van der Waals surface area contributed by atoms with Gasteiger partial charge in [0.25, 0.3) is 0 Å². The minimum absolute atomic E-state index is 0.955. The van der Waals surface area contributed by atoms with Crippen molar-refractivity contribution in [3.8, 4) is 0 Å². The largest absolute Gasteiger partial charge is 0.345 e. The molecule has 0 radical (unpaired) electrons. The van der Waals surface area contributed by atoms with E-state index in [4.69, 9.17) is 0 Å². The smallest absolute Gasteiger partial charge is 0.0191 e. The predicted octanol–water partition coefficient (Wildman–Crippen LogP) is -0.231. The Bertz CT molecular complexity index is 28.7. The number of hydrogen-bond acceptors (Lipinski definition) is 1. The molecule has 0 aliphatic carbocycles. The van der Waals surface area contributed by atoms with Crippen molar-refractivity contribution in [2.24, 2.45) is 0 Å². The average Bonchev–Trinajstić information content (AvgIpc) is 1.35. The molecule has 1 nitrogen and oxygen atoms in total. The van der Waals surface area contributed by atoms with Crippen LogP contribution < -0.4 is 5.32 Å². The molecule has 0 spiro atoms. The van der Waals surface area contributed by atoms with Crippen LogP contribution in [0.2, 0.25) is 0 Å². The van der Waals surface area contributed by atoms with Crippen LogP contribution in [0.3, 0.4) is 0 Å². The molecular formula is C4H11NS. The predicted molar refractivity (Wildman–Crippen MR) is 33.0 cm³/mol. The molecule has 0 atom stereocenters. The van der Waals surface area contributed by atoms with Gasteiger partial charge in [0.2, 0.25) is 0 Å². The van der Waals surface area contributed by atoms with E-state index in [0.29, 0.717) is 0 Å². The van der Waals surface area contributed by atoms with Gasteiger partial charge in [-0.3, -0.25) is 0 Å². The summed E-state index contributed by atoms with van der Waals surface area (Å²) in [5.74, 6) is 0. The van der Waals surface area contributed by atoms with Gasteiger partial charge in [0.05, 0.1) is 0 Å². The summed E-state index contributed by atoms with van der Waals surface area (Å²) in [6, 6.07) is 0. The molecule has 0 fully saturated rings. The molecule has 0 aromatic rings. The summed E-state index contributed by atoms with van der Waals surface area (Å²) >= 11 is 3.33. The Hall–Kier alpha value is 0.310. The van der Waals surface area contributed by atoms with Crippen molar-refractivity contribution in [2.45, 2.75) is 6.92 Å².